The zero-order chi connectivity index (χ0) is 15.1. The lowest BCUT2D eigenvalue weighted by Gasteiger charge is -2.13. The number of rotatable bonds is 3. The normalized spacial score (nSPS) is 15.4. The van der Waals surface area contributed by atoms with E-state index in [1.807, 2.05) is 0 Å². The highest BCUT2D eigenvalue weighted by atomic mass is 16.2. The van der Waals surface area contributed by atoms with Crippen LogP contribution in [-0.2, 0) is 18.4 Å². The zero-order valence-electron chi connectivity index (χ0n) is 12.0. The van der Waals surface area contributed by atoms with E-state index < -0.39 is 0 Å². The van der Waals surface area contributed by atoms with E-state index >= 15 is 0 Å². The molecule has 1 aliphatic rings. The minimum atomic E-state index is -0.334. The molecule has 1 fully saturated rings. The standard InChI is InChI=1S/C12H15N7O2/c1-13-10-7-4-14-18(3)11(7)16-8(15-10)5-19-9(20)6-17(2)12(19)21/h4H,5-6H2,1-3H3,(H,13,15,16). The average molecular weight is 289 g/mol. The van der Waals surface area contributed by atoms with E-state index in [0.29, 0.717) is 17.3 Å². The monoisotopic (exact) mass is 289 g/mol. The number of urea groups is 1. The SMILES string of the molecule is CNc1nc(CN2C(=O)CN(C)C2=O)nc2c1cnn2C. The predicted octanol–water partition coefficient (Wildman–Crippen LogP) is -0.201. The van der Waals surface area contributed by atoms with Crippen LogP contribution in [0, 0.1) is 0 Å². The molecule has 1 saturated heterocycles. The van der Waals surface area contributed by atoms with Gasteiger partial charge in [-0.15, -0.1) is 0 Å². The van der Waals surface area contributed by atoms with Crippen molar-refractivity contribution in [2.24, 2.45) is 7.05 Å². The van der Waals surface area contributed by atoms with Gasteiger partial charge in [0, 0.05) is 21.1 Å². The summed E-state index contributed by atoms with van der Waals surface area (Å²) in [5, 5.41) is 7.91. The van der Waals surface area contributed by atoms with Crippen LogP contribution in [0.15, 0.2) is 6.20 Å². The number of aryl methyl sites for hydroxylation is 1. The minimum absolute atomic E-state index is 0.0534. The Morgan fingerprint density at radius 1 is 1.29 bits per heavy atom. The van der Waals surface area contributed by atoms with Gasteiger partial charge in [-0.3, -0.25) is 14.4 Å². The number of carbonyl (C=O) groups excluding carboxylic acids is 2. The second kappa shape index (κ2) is 4.69. The van der Waals surface area contributed by atoms with Gasteiger partial charge in [-0.25, -0.2) is 14.8 Å². The molecule has 2 aromatic rings. The third-order valence-corrected chi connectivity index (χ3v) is 3.41. The molecule has 0 spiro atoms. The lowest BCUT2D eigenvalue weighted by atomic mass is 10.3. The van der Waals surface area contributed by atoms with Gasteiger partial charge in [0.05, 0.1) is 18.1 Å². The first kappa shape index (κ1) is 13.3. The largest absolute Gasteiger partial charge is 0.372 e. The van der Waals surface area contributed by atoms with Crippen LogP contribution in [0.2, 0.25) is 0 Å². The number of nitrogens with zero attached hydrogens (tertiary/aromatic N) is 6. The second-order valence-corrected chi connectivity index (χ2v) is 4.86. The summed E-state index contributed by atoms with van der Waals surface area (Å²) in [5.41, 5.74) is 0.650. The summed E-state index contributed by atoms with van der Waals surface area (Å²) in [5.74, 6) is 0.769. The smallest absolute Gasteiger partial charge is 0.327 e. The molecule has 0 bridgehead atoms. The molecule has 9 heteroatoms. The number of carbonyl (C=O) groups is 2. The summed E-state index contributed by atoms with van der Waals surface area (Å²) in [7, 11) is 5.11. The maximum atomic E-state index is 11.9. The fraction of sp³-hybridized carbons (Fsp3) is 0.417. The summed E-state index contributed by atoms with van der Waals surface area (Å²) < 4.78 is 1.63. The number of aromatic nitrogens is 4. The predicted molar refractivity (Wildman–Crippen MR) is 74.4 cm³/mol. The number of imide groups is 1. The van der Waals surface area contributed by atoms with E-state index in [2.05, 4.69) is 20.4 Å². The first-order valence-electron chi connectivity index (χ1n) is 6.43. The molecule has 0 aliphatic carbocycles. The van der Waals surface area contributed by atoms with Crippen molar-refractivity contribution in [2.45, 2.75) is 6.54 Å². The Kier molecular flexibility index (Phi) is 2.96. The van der Waals surface area contributed by atoms with E-state index in [0.717, 1.165) is 10.3 Å². The fourth-order valence-corrected chi connectivity index (χ4v) is 2.29. The Morgan fingerprint density at radius 3 is 2.67 bits per heavy atom. The van der Waals surface area contributed by atoms with E-state index in [1.54, 1.807) is 32.0 Å². The summed E-state index contributed by atoms with van der Waals surface area (Å²) in [6.45, 7) is 0.142. The molecular weight excluding hydrogens is 274 g/mol. The number of anilines is 1. The molecule has 0 saturated carbocycles. The number of likely N-dealkylation sites (N-methyl/N-ethyl adjacent to an activating group) is 1. The van der Waals surface area contributed by atoms with Gasteiger partial charge in [-0.2, -0.15) is 5.10 Å². The van der Waals surface area contributed by atoms with Crippen LogP contribution in [0.3, 0.4) is 0 Å². The van der Waals surface area contributed by atoms with Gasteiger partial charge in [0.15, 0.2) is 11.5 Å². The van der Waals surface area contributed by atoms with Crippen molar-refractivity contribution in [1.82, 2.24) is 29.5 Å². The Hall–Kier alpha value is -2.71. The number of nitrogens with one attached hydrogen (secondary N) is 1. The number of fused-ring (bicyclic) bond motifs is 1. The third-order valence-electron chi connectivity index (χ3n) is 3.41. The van der Waals surface area contributed by atoms with Gasteiger partial charge < -0.3 is 10.2 Å². The van der Waals surface area contributed by atoms with Crippen LogP contribution in [0.25, 0.3) is 11.0 Å². The minimum Gasteiger partial charge on any atom is -0.372 e. The Balaban J connectivity index is 1.99. The quantitative estimate of drug-likeness (QED) is 0.786. The molecule has 1 aliphatic heterocycles. The van der Waals surface area contributed by atoms with Gasteiger partial charge in [0.1, 0.15) is 12.4 Å². The first-order valence-corrected chi connectivity index (χ1v) is 6.43. The van der Waals surface area contributed by atoms with Crippen molar-refractivity contribution in [1.29, 1.82) is 0 Å². The lowest BCUT2D eigenvalue weighted by Crippen LogP contribution is -2.31. The molecule has 0 radical (unpaired) electrons. The number of amides is 3. The molecule has 9 nitrogen and oxygen atoms in total. The van der Waals surface area contributed by atoms with E-state index in [4.69, 9.17) is 0 Å². The van der Waals surface area contributed by atoms with Crippen LogP contribution >= 0.6 is 0 Å². The lowest BCUT2D eigenvalue weighted by molar-refractivity contribution is -0.125. The van der Waals surface area contributed by atoms with Crippen LogP contribution in [0.1, 0.15) is 5.82 Å². The molecule has 3 rings (SSSR count). The van der Waals surface area contributed by atoms with Crippen LogP contribution in [0.4, 0.5) is 10.6 Å². The molecule has 3 amide bonds. The van der Waals surface area contributed by atoms with Crippen molar-refractivity contribution in [3.63, 3.8) is 0 Å². The van der Waals surface area contributed by atoms with Crippen molar-refractivity contribution in [2.75, 3.05) is 26.0 Å². The fourth-order valence-electron chi connectivity index (χ4n) is 2.29. The average Bonchev–Trinajstić information content (AvgIpc) is 2.94. The van der Waals surface area contributed by atoms with Gasteiger partial charge in [0.2, 0.25) is 0 Å². The van der Waals surface area contributed by atoms with Gasteiger partial charge >= 0.3 is 6.03 Å². The summed E-state index contributed by atoms with van der Waals surface area (Å²) in [6.07, 6.45) is 1.67. The second-order valence-electron chi connectivity index (χ2n) is 4.86. The highest BCUT2D eigenvalue weighted by Gasteiger charge is 2.34. The molecule has 0 aromatic carbocycles. The van der Waals surface area contributed by atoms with Gasteiger partial charge in [-0.05, 0) is 0 Å². The van der Waals surface area contributed by atoms with E-state index in [-0.39, 0.29) is 25.0 Å². The molecule has 110 valence electrons. The summed E-state index contributed by atoms with van der Waals surface area (Å²) in [6, 6.07) is -0.334. The molecule has 0 atom stereocenters. The van der Waals surface area contributed by atoms with Crippen molar-refractivity contribution >= 4 is 28.8 Å². The van der Waals surface area contributed by atoms with Crippen LogP contribution in [0.5, 0.6) is 0 Å². The number of hydrogen-bond acceptors (Lipinski definition) is 6. The highest BCUT2D eigenvalue weighted by Crippen LogP contribution is 2.20. The Morgan fingerprint density at radius 2 is 2.05 bits per heavy atom. The maximum Gasteiger partial charge on any atom is 0.327 e. The molecular formula is C12H15N7O2. The van der Waals surface area contributed by atoms with E-state index in [9.17, 15) is 9.59 Å². The van der Waals surface area contributed by atoms with Crippen LogP contribution < -0.4 is 5.32 Å². The molecule has 1 N–H and O–H groups in total. The maximum absolute atomic E-state index is 11.9. The topological polar surface area (TPSA) is 96.2 Å². The Labute approximate surface area is 120 Å². The van der Waals surface area contributed by atoms with Gasteiger partial charge in [0.25, 0.3) is 5.91 Å². The van der Waals surface area contributed by atoms with Crippen LogP contribution in [-0.4, -0.2) is 62.1 Å². The molecule has 2 aromatic heterocycles. The summed E-state index contributed by atoms with van der Waals surface area (Å²) >= 11 is 0. The zero-order valence-corrected chi connectivity index (χ0v) is 12.0. The first-order chi connectivity index (χ1) is 10.0. The highest BCUT2D eigenvalue weighted by molar-refractivity contribution is 6.01. The molecule has 0 unspecified atom stereocenters. The number of hydrogen-bond donors (Lipinski definition) is 1. The van der Waals surface area contributed by atoms with Crippen molar-refractivity contribution < 1.29 is 9.59 Å². The third kappa shape index (κ3) is 2.06. The van der Waals surface area contributed by atoms with Crippen molar-refractivity contribution in [3.8, 4) is 0 Å². The Bertz CT molecular complexity index is 739. The van der Waals surface area contributed by atoms with E-state index in [1.165, 1.54) is 4.90 Å². The van der Waals surface area contributed by atoms with Gasteiger partial charge in [-0.1, -0.05) is 0 Å². The molecule has 21 heavy (non-hydrogen) atoms. The van der Waals surface area contributed by atoms with Crippen molar-refractivity contribution in [3.05, 3.63) is 12.0 Å². The summed E-state index contributed by atoms with van der Waals surface area (Å²) in [4.78, 5) is 35.0. The molecule has 3 heterocycles.